The molecule has 3 heteroatoms. The molecule has 2 aromatic heterocycles. The van der Waals surface area contributed by atoms with Gasteiger partial charge in [-0.25, -0.2) is 0 Å². The molecule has 0 radical (unpaired) electrons. The fourth-order valence-electron chi connectivity index (χ4n) is 7.40. The Balaban J connectivity index is 1.12. The number of nitrogens with zero attached hydrogens (tertiary/aromatic N) is 1. The van der Waals surface area contributed by atoms with Gasteiger partial charge in [0.05, 0.1) is 5.69 Å². The van der Waals surface area contributed by atoms with E-state index in [1.807, 2.05) is 18.2 Å². The predicted molar refractivity (Wildman–Crippen MR) is 212 cm³/mol. The van der Waals surface area contributed by atoms with Gasteiger partial charge in [0.15, 0.2) is 5.58 Å². The molecule has 0 aliphatic heterocycles. The van der Waals surface area contributed by atoms with E-state index < -0.39 is 0 Å². The van der Waals surface area contributed by atoms with Crippen LogP contribution >= 0.6 is 0 Å². The number of hydrogen-bond acceptors (Lipinski definition) is 3. The van der Waals surface area contributed by atoms with Crippen LogP contribution in [0.2, 0.25) is 0 Å². The summed E-state index contributed by atoms with van der Waals surface area (Å²) in [6, 6.07) is 66.1. The first kappa shape index (κ1) is 29.1. The summed E-state index contributed by atoms with van der Waals surface area (Å²) < 4.78 is 13.0. The van der Waals surface area contributed by atoms with E-state index >= 15 is 0 Å². The van der Waals surface area contributed by atoms with Gasteiger partial charge >= 0.3 is 0 Å². The lowest BCUT2D eigenvalue weighted by molar-refractivity contribution is 0.669. The van der Waals surface area contributed by atoms with Crippen LogP contribution in [0.25, 0.3) is 77.3 Å². The van der Waals surface area contributed by atoms with E-state index in [9.17, 15) is 0 Å². The Morgan fingerprint density at radius 3 is 1.57 bits per heavy atom. The maximum Gasteiger partial charge on any atom is 0.159 e. The number of furan rings is 2. The van der Waals surface area contributed by atoms with Crippen molar-refractivity contribution in [2.24, 2.45) is 0 Å². The van der Waals surface area contributed by atoms with E-state index in [-0.39, 0.29) is 0 Å². The first-order valence-corrected chi connectivity index (χ1v) is 17.3. The normalized spacial score (nSPS) is 11.5. The molecule has 3 nitrogen and oxygen atoms in total. The summed E-state index contributed by atoms with van der Waals surface area (Å²) >= 11 is 0. The lowest BCUT2D eigenvalue weighted by Crippen LogP contribution is -2.10. The van der Waals surface area contributed by atoms with Gasteiger partial charge < -0.3 is 13.7 Å². The molecular weight excluding hydrogens is 623 g/mol. The topological polar surface area (TPSA) is 29.5 Å². The first-order chi connectivity index (χ1) is 25.3. The molecule has 0 spiro atoms. The third kappa shape index (κ3) is 4.98. The summed E-state index contributed by atoms with van der Waals surface area (Å²) in [4.78, 5) is 2.30. The lowest BCUT2D eigenvalue weighted by Gasteiger charge is -2.26. The number of anilines is 3. The van der Waals surface area contributed by atoms with Crippen LogP contribution in [-0.2, 0) is 0 Å². The standard InChI is InChI=1S/C48H31NO2/c1-3-11-32(12-4-1)33-21-26-37(27-22-33)49(38-28-23-34(24-29-38)36-25-30-46-43(31-36)40-15-7-8-20-45(40)50-46)44-19-10-18-42-41-17-9-16-39(47(41)51-48(42)44)35-13-5-2-6-14-35/h1-31H. The van der Waals surface area contributed by atoms with Crippen LogP contribution in [-0.4, -0.2) is 0 Å². The summed E-state index contributed by atoms with van der Waals surface area (Å²) in [6.07, 6.45) is 0. The Kier molecular flexibility index (Phi) is 6.81. The van der Waals surface area contributed by atoms with Gasteiger partial charge in [0, 0.05) is 38.5 Å². The minimum atomic E-state index is 0.851. The molecule has 2 heterocycles. The molecule has 0 aliphatic rings. The highest BCUT2D eigenvalue weighted by Gasteiger charge is 2.21. The molecule has 0 N–H and O–H groups in total. The smallest absolute Gasteiger partial charge is 0.159 e. The van der Waals surface area contributed by atoms with E-state index in [4.69, 9.17) is 8.83 Å². The van der Waals surface area contributed by atoms with Gasteiger partial charge in [0.2, 0.25) is 0 Å². The second-order valence-electron chi connectivity index (χ2n) is 12.9. The predicted octanol–water partition coefficient (Wildman–Crippen LogP) is 14.0. The summed E-state index contributed by atoms with van der Waals surface area (Å²) in [6.45, 7) is 0. The molecule has 0 saturated carbocycles. The van der Waals surface area contributed by atoms with E-state index in [1.54, 1.807) is 0 Å². The van der Waals surface area contributed by atoms with Gasteiger partial charge in [-0.1, -0.05) is 140 Å². The molecule has 0 saturated heterocycles. The van der Waals surface area contributed by atoms with Crippen LogP contribution < -0.4 is 4.90 Å². The monoisotopic (exact) mass is 653 g/mol. The minimum absolute atomic E-state index is 0.851. The van der Waals surface area contributed by atoms with Crippen LogP contribution in [0.4, 0.5) is 17.1 Å². The van der Waals surface area contributed by atoms with Crippen LogP contribution in [0.5, 0.6) is 0 Å². The number of fused-ring (bicyclic) bond motifs is 6. The molecule has 0 unspecified atom stereocenters. The Morgan fingerprint density at radius 2 is 0.843 bits per heavy atom. The van der Waals surface area contributed by atoms with Crippen LogP contribution in [0.1, 0.15) is 0 Å². The van der Waals surface area contributed by atoms with Gasteiger partial charge in [0.1, 0.15) is 16.7 Å². The maximum atomic E-state index is 6.90. The molecular formula is C48H31NO2. The third-order valence-corrected chi connectivity index (χ3v) is 9.90. The van der Waals surface area contributed by atoms with Crippen molar-refractivity contribution in [3.63, 3.8) is 0 Å². The SMILES string of the molecule is c1ccc(-c2ccc(N(c3ccc(-c4ccc5oc6ccccc6c5c4)cc3)c3cccc4c3oc3c(-c5ccccc5)cccc34)cc2)cc1. The molecule has 0 fully saturated rings. The quantitative estimate of drug-likeness (QED) is 0.179. The number of para-hydroxylation sites is 3. The van der Waals surface area contributed by atoms with Crippen molar-refractivity contribution in [1.82, 2.24) is 0 Å². The fourth-order valence-corrected chi connectivity index (χ4v) is 7.40. The van der Waals surface area contributed by atoms with Gasteiger partial charge in [-0.2, -0.15) is 0 Å². The van der Waals surface area contributed by atoms with Crippen molar-refractivity contribution < 1.29 is 8.83 Å². The van der Waals surface area contributed by atoms with E-state index in [0.717, 1.165) is 83.2 Å². The zero-order valence-electron chi connectivity index (χ0n) is 27.7. The fraction of sp³-hybridized carbons (Fsp3) is 0. The zero-order valence-corrected chi connectivity index (χ0v) is 27.7. The molecule has 51 heavy (non-hydrogen) atoms. The van der Waals surface area contributed by atoms with Crippen LogP contribution in [0.3, 0.4) is 0 Å². The van der Waals surface area contributed by atoms with Crippen molar-refractivity contribution in [2.45, 2.75) is 0 Å². The highest BCUT2D eigenvalue weighted by Crippen LogP contribution is 2.44. The molecule has 10 aromatic rings. The van der Waals surface area contributed by atoms with E-state index in [2.05, 4.69) is 175 Å². The van der Waals surface area contributed by atoms with Crippen LogP contribution in [0, 0.1) is 0 Å². The van der Waals surface area contributed by atoms with Crippen molar-refractivity contribution in [2.75, 3.05) is 4.90 Å². The zero-order chi connectivity index (χ0) is 33.7. The first-order valence-electron chi connectivity index (χ1n) is 17.3. The second kappa shape index (κ2) is 11.9. The van der Waals surface area contributed by atoms with Crippen molar-refractivity contribution in [3.8, 4) is 33.4 Å². The molecule has 10 rings (SSSR count). The van der Waals surface area contributed by atoms with Crippen LogP contribution in [0.15, 0.2) is 197 Å². The largest absolute Gasteiger partial charge is 0.456 e. The third-order valence-electron chi connectivity index (χ3n) is 9.90. The van der Waals surface area contributed by atoms with Gasteiger partial charge in [0.25, 0.3) is 0 Å². The second-order valence-corrected chi connectivity index (χ2v) is 12.9. The number of hydrogen-bond donors (Lipinski definition) is 0. The number of rotatable bonds is 6. The van der Waals surface area contributed by atoms with E-state index in [1.165, 1.54) is 11.1 Å². The average Bonchev–Trinajstić information content (AvgIpc) is 3.78. The van der Waals surface area contributed by atoms with Gasteiger partial charge in [-0.15, -0.1) is 0 Å². The van der Waals surface area contributed by atoms with Crippen molar-refractivity contribution in [3.05, 3.63) is 188 Å². The average molecular weight is 654 g/mol. The molecule has 0 amide bonds. The molecule has 240 valence electrons. The molecule has 0 atom stereocenters. The minimum Gasteiger partial charge on any atom is -0.456 e. The summed E-state index contributed by atoms with van der Waals surface area (Å²) in [5, 5.41) is 4.44. The molecule has 0 aliphatic carbocycles. The highest BCUT2D eigenvalue weighted by molar-refractivity contribution is 6.13. The number of benzene rings is 8. The van der Waals surface area contributed by atoms with E-state index in [0.29, 0.717) is 0 Å². The molecule has 0 bridgehead atoms. The summed E-state index contributed by atoms with van der Waals surface area (Å²) in [5.74, 6) is 0. The van der Waals surface area contributed by atoms with Gasteiger partial charge in [-0.3, -0.25) is 0 Å². The van der Waals surface area contributed by atoms with Crippen molar-refractivity contribution >= 4 is 60.9 Å². The van der Waals surface area contributed by atoms with Gasteiger partial charge in [-0.05, 0) is 76.3 Å². The maximum absolute atomic E-state index is 6.90. The Morgan fingerprint density at radius 1 is 0.314 bits per heavy atom. The Labute approximate surface area is 295 Å². The molecule has 8 aromatic carbocycles. The van der Waals surface area contributed by atoms with Crippen molar-refractivity contribution in [1.29, 1.82) is 0 Å². The summed E-state index contributed by atoms with van der Waals surface area (Å²) in [7, 11) is 0. The Bertz CT molecular complexity index is 2830. The Hall–Kier alpha value is -6.84. The summed E-state index contributed by atoms with van der Waals surface area (Å²) in [5.41, 5.74) is 13.5. The highest BCUT2D eigenvalue weighted by atomic mass is 16.3. The lowest BCUT2D eigenvalue weighted by atomic mass is 10.0.